The summed E-state index contributed by atoms with van der Waals surface area (Å²) in [6, 6.07) is 0. The highest BCUT2D eigenvalue weighted by Gasteiger charge is 2.63. The van der Waals surface area contributed by atoms with Gasteiger partial charge in [0.1, 0.15) is 0 Å². The highest BCUT2D eigenvalue weighted by Crippen LogP contribution is 2.57. The van der Waals surface area contributed by atoms with E-state index in [1.807, 2.05) is 0 Å². The van der Waals surface area contributed by atoms with E-state index in [9.17, 15) is 13.2 Å². The van der Waals surface area contributed by atoms with E-state index in [0.29, 0.717) is 0 Å². The van der Waals surface area contributed by atoms with Crippen molar-refractivity contribution in [1.29, 1.82) is 0 Å². The SMILES string of the molecule is FC(F)(F)C(Br)(Br)C(Cl)(Cl)Br. The van der Waals surface area contributed by atoms with E-state index < -0.39 is 12.7 Å². The minimum Gasteiger partial charge on any atom is -0.168 e. The summed E-state index contributed by atoms with van der Waals surface area (Å²) in [5.41, 5.74) is 0. The summed E-state index contributed by atoms with van der Waals surface area (Å²) in [6.45, 7) is 0. The average Bonchev–Trinajstić information content (AvgIpc) is 1.58. The number of hydrogen-bond acceptors (Lipinski definition) is 0. The fourth-order valence-corrected chi connectivity index (χ4v) is 0.600. The Balaban J connectivity index is 4.75. The summed E-state index contributed by atoms with van der Waals surface area (Å²) in [5.74, 6) is 0. The maximum Gasteiger partial charge on any atom is 0.417 e. The molecule has 0 fully saturated rings. The van der Waals surface area contributed by atoms with Crippen molar-refractivity contribution in [2.45, 2.75) is 12.7 Å². The summed E-state index contributed by atoms with van der Waals surface area (Å²) in [6.07, 6.45) is -4.60. The summed E-state index contributed by atoms with van der Waals surface area (Å²) in [5, 5.41) is 0. The lowest BCUT2D eigenvalue weighted by Crippen LogP contribution is -2.44. The smallest absolute Gasteiger partial charge is 0.168 e. The van der Waals surface area contributed by atoms with E-state index in [4.69, 9.17) is 23.2 Å². The largest absolute Gasteiger partial charge is 0.417 e. The Bertz CT molecular complexity index is 133. The molecule has 0 N–H and O–H groups in total. The molecule has 0 aromatic heterocycles. The molecule has 0 radical (unpaired) electrons. The number of alkyl halides is 8. The minimum atomic E-state index is -4.60. The lowest BCUT2D eigenvalue weighted by atomic mass is 10.5. The molecule has 0 aromatic carbocycles. The van der Waals surface area contributed by atoms with Crippen molar-refractivity contribution in [3.05, 3.63) is 0 Å². The predicted molar refractivity (Wildman–Crippen MR) is 50.0 cm³/mol. The fraction of sp³-hybridized carbons (Fsp3) is 1.00. The molecular formula is C3Br3Cl2F3. The van der Waals surface area contributed by atoms with Gasteiger partial charge in [-0.25, -0.2) is 0 Å². The van der Waals surface area contributed by atoms with Crippen LogP contribution in [0.3, 0.4) is 0 Å². The molecule has 0 rings (SSSR count). The van der Waals surface area contributed by atoms with Crippen LogP contribution in [0.2, 0.25) is 0 Å². The third-order valence-electron chi connectivity index (χ3n) is 0.712. The Kier molecular flexibility index (Phi) is 4.10. The van der Waals surface area contributed by atoms with Gasteiger partial charge in [-0.1, -0.05) is 55.1 Å². The molecule has 0 saturated carbocycles. The lowest BCUT2D eigenvalue weighted by Gasteiger charge is -2.30. The number of hydrogen-bond donors (Lipinski definition) is 0. The molecule has 0 amide bonds. The molecule has 0 aliphatic carbocycles. The predicted octanol–water partition coefficient (Wildman–Crippen LogP) is 4.56. The number of halogens is 8. The zero-order valence-electron chi connectivity index (χ0n) is 4.52. The molecule has 0 bridgehead atoms. The van der Waals surface area contributed by atoms with E-state index in [1.54, 1.807) is 0 Å². The van der Waals surface area contributed by atoms with Crippen molar-refractivity contribution < 1.29 is 13.2 Å². The first-order chi connectivity index (χ1) is 4.50. The van der Waals surface area contributed by atoms with E-state index in [1.165, 1.54) is 0 Å². The van der Waals surface area contributed by atoms with Crippen LogP contribution in [0.15, 0.2) is 0 Å². The van der Waals surface area contributed by atoms with Crippen LogP contribution in [0.4, 0.5) is 13.2 Å². The summed E-state index contributed by atoms with van der Waals surface area (Å²) in [7, 11) is 0. The second-order valence-electron chi connectivity index (χ2n) is 1.57. The van der Waals surface area contributed by atoms with Crippen molar-refractivity contribution >= 4 is 71.0 Å². The molecule has 68 valence electrons. The zero-order valence-corrected chi connectivity index (χ0v) is 10.8. The zero-order chi connectivity index (χ0) is 9.50. The topological polar surface area (TPSA) is 0 Å². The van der Waals surface area contributed by atoms with Gasteiger partial charge in [-0.15, -0.1) is 0 Å². The van der Waals surface area contributed by atoms with Crippen LogP contribution in [0, 0.1) is 0 Å². The third-order valence-corrected chi connectivity index (χ3v) is 5.94. The standard InChI is InChI=1S/C3Br3Cl2F3/c4-1(5,2(6,7)8)3(9,10)11. The van der Waals surface area contributed by atoms with Gasteiger partial charge in [0.2, 0.25) is 6.48 Å². The maximum atomic E-state index is 12.0. The van der Waals surface area contributed by atoms with Crippen LogP contribution in [-0.2, 0) is 0 Å². The van der Waals surface area contributed by atoms with Crippen molar-refractivity contribution in [2.24, 2.45) is 0 Å². The van der Waals surface area contributed by atoms with Crippen molar-refractivity contribution in [3.8, 4) is 0 Å². The molecule has 0 atom stereocenters. The van der Waals surface area contributed by atoms with Gasteiger partial charge in [-0.05, 0) is 15.9 Å². The molecule has 0 aliphatic heterocycles. The van der Waals surface area contributed by atoms with E-state index in [2.05, 4.69) is 47.8 Å². The highest BCUT2D eigenvalue weighted by atomic mass is 79.9. The summed E-state index contributed by atoms with van der Waals surface area (Å²) >= 11 is 17.4. The Hall–Kier alpha value is 1.81. The highest BCUT2D eigenvalue weighted by molar-refractivity contribution is 9.26. The minimum absolute atomic E-state index is 2.15. The fourth-order valence-electron chi connectivity index (χ4n) is 0.161. The molecule has 8 heteroatoms. The van der Waals surface area contributed by atoms with Crippen LogP contribution in [-0.4, -0.2) is 12.7 Å². The molecule has 0 nitrogen and oxygen atoms in total. The molecule has 0 unspecified atom stereocenters. The molecular weight excluding hydrogens is 404 g/mol. The van der Waals surface area contributed by atoms with Gasteiger partial charge in [-0.3, -0.25) is 0 Å². The molecule has 0 aromatic rings. The van der Waals surface area contributed by atoms with E-state index >= 15 is 0 Å². The Morgan fingerprint density at radius 3 is 1.18 bits per heavy atom. The maximum absolute atomic E-state index is 12.0. The molecule has 0 spiro atoms. The third kappa shape index (κ3) is 2.90. The van der Waals surface area contributed by atoms with Crippen LogP contribution in [0.1, 0.15) is 0 Å². The Morgan fingerprint density at radius 2 is 1.18 bits per heavy atom. The first-order valence-electron chi connectivity index (χ1n) is 2.01. The summed E-state index contributed by atoms with van der Waals surface area (Å²) < 4.78 is 31.4. The van der Waals surface area contributed by atoms with E-state index in [-0.39, 0.29) is 0 Å². The Labute approximate surface area is 96.2 Å². The quantitative estimate of drug-likeness (QED) is 0.563. The molecule has 0 heterocycles. The molecule has 11 heavy (non-hydrogen) atoms. The van der Waals surface area contributed by atoms with Gasteiger partial charge in [0.05, 0.1) is 0 Å². The first kappa shape index (κ1) is 12.8. The number of rotatable bonds is 1. The van der Waals surface area contributed by atoms with Gasteiger partial charge >= 0.3 is 6.18 Å². The average molecular weight is 404 g/mol. The summed E-state index contributed by atoms with van der Waals surface area (Å²) in [4.78, 5) is 0. The molecule has 0 aliphatic rings. The lowest BCUT2D eigenvalue weighted by molar-refractivity contribution is -0.132. The van der Waals surface area contributed by atoms with Crippen LogP contribution in [0.5, 0.6) is 0 Å². The van der Waals surface area contributed by atoms with Crippen molar-refractivity contribution in [3.63, 3.8) is 0 Å². The van der Waals surface area contributed by atoms with E-state index in [0.717, 1.165) is 0 Å². The van der Waals surface area contributed by atoms with Crippen molar-refractivity contribution in [1.82, 2.24) is 0 Å². The second-order valence-corrected chi connectivity index (χ2v) is 8.44. The van der Waals surface area contributed by atoms with Crippen LogP contribution >= 0.6 is 71.0 Å². The molecule has 0 saturated heterocycles. The first-order valence-corrected chi connectivity index (χ1v) is 5.15. The van der Waals surface area contributed by atoms with Gasteiger partial charge in [0.15, 0.2) is 0 Å². The second kappa shape index (κ2) is 3.52. The van der Waals surface area contributed by atoms with Crippen LogP contribution in [0.25, 0.3) is 0 Å². The van der Waals surface area contributed by atoms with Gasteiger partial charge in [-0.2, -0.15) is 13.2 Å². The normalized spacial score (nSPS) is 15.3. The van der Waals surface area contributed by atoms with Crippen LogP contribution < -0.4 is 0 Å². The van der Waals surface area contributed by atoms with Crippen molar-refractivity contribution in [2.75, 3.05) is 0 Å². The van der Waals surface area contributed by atoms with Gasteiger partial charge in [0, 0.05) is 0 Å². The Morgan fingerprint density at radius 1 is 0.909 bits per heavy atom. The monoisotopic (exact) mass is 400 g/mol. The van der Waals surface area contributed by atoms with Gasteiger partial charge in [0.25, 0.3) is 0 Å². The van der Waals surface area contributed by atoms with Gasteiger partial charge < -0.3 is 0 Å².